The van der Waals surface area contributed by atoms with Gasteiger partial charge < -0.3 is 4.57 Å². The van der Waals surface area contributed by atoms with E-state index in [0.717, 1.165) is 62.1 Å². The van der Waals surface area contributed by atoms with Crippen molar-refractivity contribution >= 4 is 44.6 Å². The molecule has 1 aromatic heterocycles. The zero-order valence-corrected chi connectivity index (χ0v) is 46.3. The molecule has 1 aliphatic rings. The van der Waals surface area contributed by atoms with Crippen LogP contribution in [0.4, 0.5) is 0 Å². The van der Waals surface area contributed by atoms with Crippen molar-refractivity contribution in [1.29, 1.82) is 0 Å². The lowest BCUT2D eigenvalue weighted by Crippen LogP contribution is -2.30. The quantitative estimate of drug-likeness (QED) is 0.0904. The van der Waals surface area contributed by atoms with Crippen molar-refractivity contribution in [3.63, 3.8) is 0 Å². The van der Waals surface area contributed by atoms with E-state index in [1.807, 2.05) is 84.9 Å². The minimum absolute atomic E-state index is 0.135. The molecule has 1 aliphatic carbocycles. The van der Waals surface area contributed by atoms with Crippen LogP contribution in [-0.4, -0.2) is 15.0 Å². The van der Waals surface area contributed by atoms with Crippen molar-refractivity contribution in [2.45, 2.75) is 37.5 Å². The topological polar surface area (TPSA) is 55.7 Å². The van der Waals surface area contributed by atoms with Gasteiger partial charge in [-0.05, 0) is 90.0 Å². The molecule has 0 radical (unpaired) electrons. The van der Waals surface area contributed by atoms with Crippen LogP contribution in [0.2, 0.25) is 0 Å². The zero-order chi connectivity index (χ0) is 54.9. The molecule has 4 nitrogen and oxygen atoms in total. The Labute approximate surface area is 479 Å². The Bertz CT molecular complexity index is 4330. The van der Waals surface area contributed by atoms with E-state index in [-0.39, 0.29) is 5.41 Å². The molecule has 14 rings (SSSR count). The van der Waals surface area contributed by atoms with Gasteiger partial charge in [0.15, 0.2) is 24.6 Å². The highest BCUT2D eigenvalue weighted by atomic mass is 31.2. The van der Waals surface area contributed by atoms with E-state index >= 15 is 4.57 Å². The van der Waals surface area contributed by atoms with Gasteiger partial charge >= 0.3 is 0 Å². The van der Waals surface area contributed by atoms with Crippen LogP contribution in [-0.2, 0) is 9.98 Å². The van der Waals surface area contributed by atoms with E-state index in [4.69, 9.17) is 15.0 Å². The third-order valence-electron chi connectivity index (χ3n) is 17.0. The van der Waals surface area contributed by atoms with Crippen molar-refractivity contribution in [3.8, 4) is 78.7 Å². The lowest BCUT2D eigenvalue weighted by Gasteiger charge is -2.39. The second-order valence-corrected chi connectivity index (χ2v) is 24.4. The Balaban J connectivity index is 0.786. The number of aromatic nitrogens is 3. The van der Waals surface area contributed by atoms with E-state index in [1.54, 1.807) is 0 Å². The van der Waals surface area contributed by atoms with Gasteiger partial charge in [-0.3, -0.25) is 0 Å². The number of nitrogens with zero attached hydrogens (tertiary/aromatic N) is 3. The van der Waals surface area contributed by atoms with Crippen LogP contribution in [0.25, 0.3) is 100 Å². The SMILES string of the molecule is O=P(c1ccccc1)(c1ccccc1)c1ccc(-c2c3ccccc3c(-c3ccc(C4(c5ccc(-c6nc(-c7ccccc7)nc(-c7ccc(-c8ccc(-c9ccccc9)cc8)cc7)n6)cc5)CCCCC4)cc3)c3ccccc23)cc1. The Morgan fingerprint density at radius 3 is 0.915 bits per heavy atom. The lowest BCUT2D eigenvalue weighted by atomic mass is 9.65. The molecule has 0 amide bonds. The summed E-state index contributed by atoms with van der Waals surface area (Å²) in [7, 11) is -3.13. The summed E-state index contributed by atoms with van der Waals surface area (Å²) in [5.41, 5.74) is 14.8. The first-order chi connectivity index (χ1) is 40.5. The molecule has 392 valence electrons. The molecule has 0 saturated heterocycles. The van der Waals surface area contributed by atoms with Gasteiger partial charge in [0.2, 0.25) is 0 Å². The summed E-state index contributed by atoms with van der Waals surface area (Å²) in [6, 6.07) is 103. The van der Waals surface area contributed by atoms with Gasteiger partial charge in [-0.25, -0.2) is 15.0 Å². The van der Waals surface area contributed by atoms with Crippen LogP contribution in [0.1, 0.15) is 43.2 Å². The van der Waals surface area contributed by atoms with E-state index in [2.05, 4.69) is 206 Å². The summed E-state index contributed by atoms with van der Waals surface area (Å²) >= 11 is 0. The first kappa shape index (κ1) is 50.6. The van der Waals surface area contributed by atoms with E-state index in [1.165, 1.54) is 79.8 Å². The summed E-state index contributed by atoms with van der Waals surface area (Å²) in [6.07, 6.45) is 5.75. The van der Waals surface area contributed by atoms with Crippen molar-refractivity contribution in [3.05, 3.63) is 302 Å². The normalized spacial score (nSPS) is 13.3. The van der Waals surface area contributed by atoms with Gasteiger partial charge in [-0.15, -0.1) is 0 Å². The van der Waals surface area contributed by atoms with E-state index < -0.39 is 7.14 Å². The summed E-state index contributed by atoms with van der Waals surface area (Å²) in [5, 5.41) is 7.26. The molecule has 1 heterocycles. The highest BCUT2D eigenvalue weighted by Gasteiger charge is 2.36. The molecule has 12 aromatic carbocycles. The molecule has 13 aromatic rings. The minimum atomic E-state index is -3.13. The minimum Gasteiger partial charge on any atom is -0.309 e. The predicted octanol–water partition coefficient (Wildman–Crippen LogP) is 18.7. The monoisotopic (exact) mass is 1070 g/mol. The maximum Gasteiger partial charge on any atom is 0.171 e. The van der Waals surface area contributed by atoms with E-state index in [9.17, 15) is 0 Å². The molecule has 0 atom stereocenters. The number of fused-ring (bicyclic) bond motifs is 2. The van der Waals surface area contributed by atoms with Crippen LogP contribution in [0.3, 0.4) is 0 Å². The van der Waals surface area contributed by atoms with Crippen LogP contribution in [0.5, 0.6) is 0 Å². The number of hydrogen-bond donors (Lipinski definition) is 0. The van der Waals surface area contributed by atoms with Gasteiger partial charge in [0.05, 0.1) is 0 Å². The summed E-state index contributed by atoms with van der Waals surface area (Å²) in [4.78, 5) is 15.4. The molecule has 0 spiro atoms. The fourth-order valence-electron chi connectivity index (χ4n) is 12.8. The predicted molar refractivity (Wildman–Crippen MR) is 343 cm³/mol. The third-order valence-corrected chi connectivity index (χ3v) is 20.0. The molecule has 5 heteroatoms. The average Bonchev–Trinajstić information content (AvgIpc) is 3.74. The summed E-state index contributed by atoms with van der Waals surface area (Å²) in [5.74, 6) is 1.94. The third kappa shape index (κ3) is 9.35. The van der Waals surface area contributed by atoms with Gasteiger partial charge in [-0.2, -0.15) is 0 Å². The van der Waals surface area contributed by atoms with Gasteiger partial charge in [-0.1, -0.05) is 310 Å². The molecule has 1 fully saturated rings. The first-order valence-electron chi connectivity index (χ1n) is 28.6. The van der Waals surface area contributed by atoms with Crippen LogP contribution in [0.15, 0.2) is 291 Å². The average molecular weight is 1070 g/mol. The van der Waals surface area contributed by atoms with Crippen LogP contribution in [0, 0.1) is 0 Å². The molecule has 1 saturated carbocycles. The number of rotatable bonds is 12. The molecular formula is C77H58N3OP. The van der Waals surface area contributed by atoms with Crippen molar-refractivity contribution in [2.75, 3.05) is 0 Å². The van der Waals surface area contributed by atoms with Crippen molar-refractivity contribution < 1.29 is 4.57 Å². The fraction of sp³-hybridized carbons (Fsp3) is 0.0779. The maximum atomic E-state index is 15.3. The smallest absolute Gasteiger partial charge is 0.171 e. The van der Waals surface area contributed by atoms with Crippen LogP contribution < -0.4 is 15.9 Å². The molecule has 0 unspecified atom stereocenters. The highest BCUT2D eigenvalue weighted by Crippen LogP contribution is 2.49. The second-order valence-electron chi connectivity index (χ2n) is 21.7. The maximum absolute atomic E-state index is 15.3. The van der Waals surface area contributed by atoms with E-state index in [0.29, 0.717) is 17.5 Å². The first-order valence-corrected chi connectivity index (χ1v) is 30.3. The lowest BCUT2D eigenvalue weighted by molar-refractivity contribution is 0.346. The molecular weight excluding hydrogens is 1010 g/mol. The Hall–Kier alpha value is -9.60. The number of benzene rings is 12. The second kappa shape index (κ2) is 21.8. The fourth-order valence-corrected chi connectivity index (χ4v) is 15.4. The molecule has 0 N–H and O–H groups in total. The Kier molecular flexibility index (Phi) is 13.5. The largest absolute Gasteiger partial charge is 0.309 e. The standard InChI is InChI=1S/C77H58N3OP/c81-82(65-24-10-3-11-25-65,66-26-12-4-13-27-66)67-50-44-59(45-51-67)73-70-30-16-14-28-68(70)72(69-29-15-17-31-71(69)73)58-40-46-63(47-41-58)77(52-18-5-19-53-77)64-48-42-62(43-49-64)76-79-74(60-22-8-2-9-23-60)78-75(80-76)61-38-36-57(37-39-61)56-34-32-55(33-35-56)54-20-6-1-7-21-54/h1-4,6-17,20-51H,5,18-19,52-53H2. The summed E-state index contributed by atoms with van der Waals surface area (Å²) in [6.45, 7) is 0. The van der Waals surface area contributed by atoms with Gasteiger partial charge in [0.1, 0.15) is 0 Å². The van der Waals surface area contributed by atoms with Crippen LogP contribution >= 0.6 is 7.14 Å². The Morgan fingerprint density at radius 1 is 0.256 bits per heavy atom. The molecule has 0 bridgehead atoms. The zero-order valence-electron chi connectivity index (χ0n) is 45.4. The molecule has 82 heavy (non-hydrogen) atoms. The Morgan fingerprint density at radius 2 is 0.524 bits per heavy atom. The summed E-state index contributed by atoms with van der Waals surface area (Å²) < 4.78 is 15.3. The van der Waals surface area contributed by atoms with Gasteiger partial charge in [0, 0.05) is 38.0 Å². The van der Waals surface area contributed by atoms with Crippen molar-refractivity contribution in [2.24, 2.45) is 0 Å². The highest BCUT2D eigenvalue weighted by molar-refractivity contribution is 7.85. The van der Waals surface area contributed by atoms with Gasteiger partial charge in [0.25, 0.3) is 0 Å². The number of hydrogen-bond acceptors (Lipinski definition) is 4. The molecule has 0 aliphatic heterocycles. The van der Waals surface area contributed by atoms with Crippen molar-refractivity contribution in [1.82, 2.24) is 15.0 Å².